The number of likely N-dealkylation sites (N-methyl/N-ethyl adjacent to an activating group) is 1. The first-order valence-electron chi connectivity index (χ1n) is 13.5. The van der Waals surface area contributed by atoms with E-state index in [2.05, 4.69) is 30.6 Å². The minimum Gasteiger partial charge on any atom is -0.478 e. The summed E-state index contributed by atoms with van der Waals surface area (Å²) in [5.74, 6) is 0.0662. The second kappa shape index (κ2) is 12.3. The van der Waals surface area contributed by atoms with Crippen molar-refractivity contribution in [2.75, 3.05) is 18.4 Å². The van der Waals surface area contributed by atoms with Crippen molar-refractivity contribution in [3.63, 3.8) is 0 Å². The van der Waals surface area contributed by atoms with Crippen LogP contribution in [0, 0.1) is 12.8 Å². The number of anilines is 1. The molecule has 2 aromatic carbocycles. The van der Waals surface area contributed by atoms with Crippen LogP contribution < -0.4 is 15.4 Å². The Bertz CT molecular complexity index is 1330. The van der Waals surface area contributed by atoms with Gasteiger partial charge in [0.05, 0.1) is 11.6 Å². The molecule has 0 saturated heterocycles. The molecule has 3 N–H and O–H groups in total. The number of Topliss-reactive ketones (excluding diaryl/α,β-unsaturated/α-hetero) is 1. The second-order valence-electron chi connectivity index (χ2n) is 9.62. The lowest BCUT2D eigenvalue weighted by Gasteiger charge is -2.31. The standard InChI is InChI=1S/C30H34N2O4.C2H6/c1-7-31-24-14-26-22(11-17(24)5)28(23-12-18(6)25(32-8-2)15-27(23)36-26)21-13-19(29(33)16(3)4)9-10-20(21)30(34)35;1-2/h9-16,24,31-32H,7-8H2,1-6H3,(H,34,35);1-2H3. The topological polar surface area (TPSA) is 87.7 Å². The lowest BCUT2D eigenvalue weighted by Crippen LogP contribution is -2.31. The number of aromatic carboxylic acids is 1. The predicted molar refractivity (Wildman–Crippen MR) is 155 cm³/mol. The Balaban J connectivity index is 0.00000195. The summed E-state index contributed by atoms with van der Waals surface area (Å²) < 4.78 is 6.44. The largest absolute Gasteiger partial charge is 0.478 e. The number of hydrogen-bond donors (Lipinski definition) is 3. The third-order valence-corrected chi connectivity index (χ3v) is 6.65. The molecule has 2 aliphatic rings. The first-order valence-corrected chi connectivity index (χ1v) is 13.5. The number of ketones is 1. The molecule has 38 heavy (non-hydrogen) atoms. The summed E-state index contributed by atoms with van der Waals surface area (Å²) in [5.41, 5.74) is 6.65. The van der Waals surface area contributed by atoms with Crippen LogP contribution in [-0.2, 0) is 0 Å². The quantitative estimate of drug-likeness (QED) is 0.327. The van der Waals surface area contributed by atoms with Gasteiger partial charge in [-0.3, -0.25) is 4.79 Å². The van der Waals surface area contributed by atoms with Crippen LogP contribution in [0.4, 0.5) is 5.69 Å². The molecule has 0 bridgehead atoms. The van der Waals surface area contributed by atoms with Crippen LogP contribution >= 0.6 is 0 Å². The van der Waals surface area contributed by atoms with Gasteiger partial charge in [-0.05, 0) is 68.8 Å². The number of rotatable bonds is 8. The lowest BCUT2D eigenvalue weighted by molar-refractivity contribution is 0.0696. The number of carbonyl (C=O) groups is 2. The monoisotopic (exact) mass is 516 g/mol. The summed E-state index contributed by atoms with van der Waals surface area (Å²) in [4.78, 5) is 25.3. The van der Waals surface area contributed by atoms with Crippen molar-refractivity contribution in [2.45, 2.75) is 61.4 Å². The number of aryl methyl sites for hydroxylation is 1. The number of benzene rings is 2. The molecule has 6 nitrogen and oxygen atoms in total. The number of carboxylic acids is 1. The van der Waals surface area contributed by atoms with Gasteiger partial charge in [-0.1, -0.05) is 46.3 Å². The fourth-order valence-electron chi connectivity index (χ4n) is 4.81. The first-order chi connectivity index (χ1) is 18.2. The van der Waals surface area contributed by atoms with Crippen molar-refractivity contribution < 1.29 is 19.4 Å². The number of nitrogens with one attached hydrogen (secondary N) is 2. The Hall–Kier alpha value is -3.64. The predicted octanol–water partition coefficient (Wildman–Crippen LogP) is 7.01. The van der Waals surface area contributed by atoms with Crippen LogP contribution in [0.3, 0.4) is 0 Å². The van der Waals surface area contributed by atoms with Crippen LogP contribution in [0.5, 0.6) is 5.75 Å². The third-order valence-electron chi connectivity index (χ3n) is 6.65. The fraction of sp³-hybridized carbons (Fsp3) is 0.375. The fourth-order valence-corrected chi connectivity index (χ4v) is 4.81. The molecule has 1 aliphatic carbocycles. The van der Waals surface area contributed by atoms with E-state index in [4.69, 9.17) is 4.74 Å². The van der Waals surface area contributed by atoms with Gasteiger partial charge in [0.2, 0.25) is 0 Å². The van der Waals surface area contributed by atoms with Crippen molar-refractivity contribution in [1.29, 1.82) is 0 Å². The maximum absolute atomic E-state index is 12.9. The van der Waals surface area contributed by atoms with E-state index >= 15 is 0 Å². The summed E-state index contributed by atoms with van der Waals surface area (Å²) in [7, 11) is 0. The maximum atomic E-state index is 12.9. The van der Waals surface area contributed by atoms with Gasteiger partial charge in [0.25, 0.3) is 0 Å². The highest BCUT2D eigenvalue weighted by Crippen LogP contribution is 2.46. The molecule has 2 aromatic rings. The van der Waals surface area contributed by atoms with Crippen molar-refractivity contribution >= 4 is 23.0 Å². The lowest BCUT2D eigenvalue weighted by atomic mass is 9.82. The number of allylic oxidation sites excluding steroid dienone is 1. The van der Waals surface area contributed by atoms with Crippen LogP contribution in [-0.4, -0.2) is 36.0 Å². The van der Waals surface area contributed by atoms with Crippen LogP contribution in [0.15, 0.2) is 59.4 Å². The van der Waals surface area contributed by atoms with Gasteiger partial charge in [-0.2, -0.15) is 0 Å². The molecule has 4 rings (SSSR count). The van der Waals surface area contributed by atoms with E-state index in [9.17, 15) is 14.7 Å². The van der Waals surface area contributed by atoms with E-state index < -0.39 is 5.97 Å². The SMILES string of the molecule is CC.CCNc1cc2c(cc1C)C(c1cc(C(=O)C(C)C)ccc1C(=O)O)=C1C=C(C)C(NCC)C=C1O2. The average Bonchev–Trinajstić information content (AvgIpc) is 2.89. The van der Waals surface area contributed by atoms with Crippen molar-refractivity contribution in [1.82, 2.24) is 5.32 Å². The molecule has 0 aromatic heterocycles. The Kier molecular flexibility index (Phi) is 9.34. The summed E-state index contributed by atoms with van der Waals surface area (Å²) in [5, 5.41) is 17.0. The molecule has 202 valence electrons. The smallest absolute Gasteiger partial charge is 0.336 e. The molecular formula is C32H40N2O4. The molecule has 1 heterocycles. The number of carboxylic acid groups (broad SMARTS) is 1. The molecule has 0 radical (unpaired) electrons. The Morgan fingerprint density at radius 3 is 2.34 bits per heavy atom. The van der Waals surface area contributed by atoms with E-state index in [0.29, 0.717) is 22.6 Å². The molecule has 0 saturated carbocycles. The van der Waals surface area contributed by atoms with Crippen molar-refractivity contribution in [2.24, 2.45) is 5.92 Å². The molecule has 1 aliphatic heterocycles. The molecule has 0 fully saturated rings. The molecule has 0 spiro atoms. The highest BCUT2D eigenvalue weighted by atomic mass is 16.5. The maximum Gasteiger partial charge on any atom is 0.336 e. The van der Waals surface area contributed by atoms with E-state index in [1.54, 1.807) is 18.2 Å². The van der Waals surface area contributed by atoms with Crippen LogP contribution in [0.25, 0.3) is 5.57 Å². The van der Waals surface area contributed by atoms with Gasteiger partial charge in [-0.15, -0.1) is 0 Å². The summed E-state index contributed by atoms with van der Waals surface area (Å²) in [6.45, 7) is 17.4. The third kappa shape index (κ3) is 5.60. The minimum absolute atomic E-state index is 0.0167. The van der Waals surface area contributed by atoms with E-state index in [-0.39, 0.29) is 23.3 Å². The molecular weight excluding hydrogens is 476 g/mol. The zero-order chi connectivity index (χ0) is 28.1. The van der Waals surface area contributed by atoms with Gasteiger partial charge >= 0.3 is 5.97 Å². The number of carbonyl (C=O) groups excluding carboxylic acids is 1. The van der Waals surface area contributed by atoms with Crippen molar-refractivity contribution in [3.05, 3.63) is 87.2 Å². The molecule has 0 amide bonds. The molecule has 1 atom stereocenters. The number of hydrogen-bond acceptors (Lipinski definition) is 5. The van der Waals surface area contributed by atoms with Gasteiger partial charge < -0.3 is 20.5 Å². The molecule has 1 unspecified atom stereocenters. The highest BCUT2D eigenvalue weighted by Gasteiger charge is 2.32. The summed E-state index contributed by atoms with van der Waals surface area (Å²) in [6, 6.07) is 8.91. The second-order valence-corrected chi connectivity index (χ2v) is 9.62. The minimum atomic E-state index is -1.04. The van der Waals surface area contributed by atoms with Crippen LogP contribution in [0.2, 0.25) is 0 Å². The van der Waals surface area contributed by atoms with Crippen LogP contribution in [0.1, 0.15) is 85.9 Å². The Labute approximate surface area is 226 Å². The normalized spacial score (nSPS) is 15.9. The van der Waals surface area contributed by atoms with Crippen molar-refractivity contribution in [3.8, 4) is 5.75 Å². The van der Waals surface area contributed by atoms with Gasteiger partial charge in [-0.25, -0.2) is 4.79 Å². The van der Waals surface area contributed by atoms with E-state index in [0.717, 1.165) is 46.6 Å². The number of ether oxygens (including phenoxy) is 1. The van der Waals surface area contributed by atoms with E-state index in [1.807, 2.05) is 59.8 Å². The summed E-state index contributed by atoms with van der Waals surface area (Å²) in [6.07, 6.45) is 4.12. The number of fused-ring (bicyclic) bond motifs is 2. The van der Waals surface area contributed by atoms with Gasteiger partial charge in [0.15, 0.2) is 5.78 Å². The Morgan fingerprint density at radius 1 is 1.03 bits per heavy atom. The highest BCUT2D eigenvalue weighted by molar-refractivity contribution is 6.04. The van der Waals surface area contributed by atoms with E-state index in [1.165, 1.54) is 0 Å². The van der Waals surface area contributed by atoms with Gasteiger partial charge in [0, 0.05) is 46.5 Å². The zero-order valence-electron chi connectivity index (χ0n) is 23.8. The Morgan fingerprint density at radius 2 is 1.74 bits per heavy atom. The van der Waals surface area contributed by atoms with Gasteiger partial charge in [0.1, 0.15) is 11.5 Å². The average molecular weight is 517 g/mol. The zero-order valence-corrected chi connectivity index (χ0v) is 23.8. The molecule has 6 heteroatoms. The first kappa shape index (κ1) is 28.9. The summed E-state index contributed by atoms with van der Waals surface area (Å²) >= 11 is 0.